The van der Waals surface area contributed by atoms with E-state index >= 15 is 0 Å². The number of rotatable bonds is 2. The summed E-state index contributed by atoms with van der Waals surface area (Å²) in [6, 6.07) is 11.0. The van der Waals surface area contributed by atoms with Crippen LogP contribution in [0.1, 0.15) is 52.5 Å². The van der Waals surface area contributed by atoms with Crippen molar-refractivity contribution in [2.75, 3.05) is 0 Å². The maximum atomic E-state index is 5.02. The van der Waals surface area contributed by atoms with Crippen molar-refractivity contribution in [2.45, 2.75) is 58.0 Å². The standard InChI is InChI=1S/C19H26N2/c1-13(2)18-15-11-8-12-16(15)19(21-20-18,17(18,3)4)14-9-6-5-7-10-14/h5-7,9-10,13,15-16H,8,11-12H2,1-4H3/t15-,16+,18-,19+/m0/s1. The fraction of sp³-hybridized carbons (Fsp3) is 0.684. The van der Waals surface area contributed by atoms with Crippen molar-refractivity contribution in [1.29, 1.82) is 0 Å². The second kappa shape index (κ2) is 3.97. The summed E-state index contributed by atoms with van der Waals surface area (Å²) < 4.78 is 0. The lowest BCUT2D eigenvalue weighted by Gasteiger charge is -2.43. The summed E-state index contributed by atoms with van der Waals surface area (Å²) in [5.41, 5.74) is 1.42. The fourth-order valence-corrected chi connectivity index (χ4v) is 6.37. The molecular weight excluding hydrogens is 256 g/mol. The first-order valence-electron chi connectivity index (χ1n) is 8.48. The van der Waals surface area contributed by atoms with Gasteiger partial charge >= 0.3 is 0 Å². The van der Waals surface area contributed by atoms with Gasteiger partial charge in [0.2, 0.25) is 0 Å². The molecule has 2 saturated carbocycles. The van der Waals surface area contributed by atoms with Crippen LogP contribution in [-0.4, -0.2) is 5.54 Å². The molecule has 2 nitrogen and oxygen atoms in total. The molecule has 2 bridgehead atoms. The van der Waals surface area contributed by atoms with Gasteiger partial charge in [-0.3, -0.25) is 0 Å². The Kier molecular flexibility index (Phi) is 2.55. The quantitative estimate of drug-likeness (QED) is 0.712. The predicted molar refractivity (Wildman–Crippen MR) is 85.2 cm³/mol. The van der Waals surface area contributed by atoms with Crippen LogP contribution in [0, 0.1) is 23.2 Å². The average Bonchev–Trinajstić information content (AvgIpc) is 3.07. The molecule has 2 fully saturated rings. The predicted octanol–water partition coefficient (Wildman–Crippen LogP) is 5.20. The Bertz CT molecular complexity index is 589. The smallest absolute Gasteiger partial charge is 0.117 e. The highest BCUT2D eigenvalue weighted by Crippen LogP contribution is 2.75. The van der Waals surface area contributed by atoms with Gasteiger partial charge in [0, 0.05) is 5.41 Å². The van der Waals surface area contributed by atoms with Crippen molar-refractivity contribution in [3.05, 3.63) is 35.9 Å². The number of azo groups is 1. The van der Waals surface area contributed by atoms with E-state index in [0.717, 1.165) is 0 Å². The maximum absolute atomic E-state index is 5.02. The summed E-state index contributed by atoms with van der Waals surface area (Å²) in [6.07, 6.45) is 4.00. The van der Waals surface area contributed by atoms with Crippen LogP contribution in [0.15, 0.2) is 40.6 Å². The van der Waals surface area contributed by atoms with Gasteiger partial charge in [-0.2, -0.15) is 10.2 Å². The van der Waals surface area contributed by atoms with Gasteiger partial charge in [-0.15, -0.1) is 0 Å². The van der Waals surface area contributed by atoms with Crippen LogP contribution in [0.25, 0.3) is 0 Å². The van der Waals surface area contributed by atoms with E-state index < -0.39 is 0 Å². The molecule has 1 aromatic rings. The Labute approximate surface area is 128 Å². The number of fused-ring (bicyclic) bond motifs is 5. The lowest BCUT2D eigenvalue weighted by Crippen LogP contribution is -2.49. The molecule has 1 heterocycles. The highest BCUT2D eigenvalue weighted by Gasteiger charge is 2.78. The molecule has 0 radical (unpaired) electrons. The summed E-state index contributed by atoms with van der Waals surface area (Å²) >= 11 is 0. The summed E-state index contributed by atoms with van der Waals surface area (Å²) in [4.78, 5) is 0. The van der Waals surface area contributed by atoms with Crippen molar-refractivity contribution in [1.82, 2.24) is 0 Å². The molecule has 2 aliphatic carbocycles. The summed E-state index contributed by atoms with van der Waals surface area (Å²) in [6.45, 7) is 9.56. The molecule has 2 heteroatoms. The van der Waals surface area contributed by atoms with Crippen molar-refractivity contribution >= 4 is 0 Å². The molecule has 0 saturated heterocycles. The van der Waals surface area contributed by atoms with E-state index in [1.54, 1.807) is 0 Å². The zero-order valence-electron chi connectivity index (χ0n) is 13.6. The number of hydrogen-bond acceptors (Lipinski definition) is 2. The molecule has 0 amide bonds. The molecule has 0 spiro atoms. The molecule has 0 N–H and O–H groups in total. The van der Waals surface area contributed by atoms with Crippen LogP contribution in [0.5, 0.6) is 0 Å². The van der Waals surface area contributed by atoms with Crippen molar-refractivity contribution < 1.29 is 0 Å². The third-order valence-electron chi connectivity index (χ3n) is 7.04. The van der Waals surface area contributed by atoms with E-state index in [4.69, 9.17) is 10.2 Å². The molecule has 21 heavy (non-hydrogen) atoms. The van der Waals surface area contributed by atoms with Gasteiger partial charge in [-0.1, -0.05) is 64.4 Å². The highest BCUT2D eigenvalue weighted by atomic mass is 15.3. The van der Waals surface area contributed by atoms with Gasteiger partial charge in [-0.05, 0) is 36.2 Å². The minimum Gasteiger partial charge on any atom is -0.185 e. The van der Waals surface area contributed by atoms with Crippen LogP contribution in [0.3, 0.4) is 0 Å². The van der Waals surface area contributed by atoms with E-state index in [0.29, 0.717) is 17.8 Å². The van der Waals surface area contributed by atoms with Gasteiger partial charge < -0.3 is 0 Å². The van der Waals surface area contributed by atoms with Crippen LogP contribution in [-0.2, 0) is 5.54 Å². The Morgan fingerprint density at radius 1 is 1.00 bits per heavy atom. The fourth-order valence-electron chi connectivity index (χ4n) is 6.37. The average molecular weight is 282 g/mol. The maximum Gasteiger partial charge on any atom is 0.117 e. The second-order valence-electron chi connectivity index (χ2n) is 8.08. The summed E-state index contributed by atoms with van der Waals surface area (Å²) in [7, 11) is 0. The van der Waals surface area contributed by atoms with E-state index in [1.807, 2.05) is 0 Å². The third kappa shape index (κ3) is 1.23. The van der Waals surface area contributed by atoms with Crippen LogP contribution in [0.4, 0.5) is 0 Å². The molecule has 112 valence electrons. The molecular formula is C19H26N2. The highest BCUT2D eigenvalue weighted by molar-refractivity contribution is 5.40. The number of hydrogen-bond donors (Lipinski definition) is 0. The second-order valence-corrected chi connectivity index (χ2v) is 8.08. The Morgan fingerprint density at radius 3 is 2.33 bits per heavy atom. The van der Waals surface area contributed by atoms with Gasteiger partial charge in [0.1, 0.15) is 5.54 Å². The molecule has 4 rings (SSSR count). The summed E-state index contributed by atoms with van der Waals surface area (Å²) in [5, 5.41) is 10.0. The number of benzene rings is 1. The van der Waals surface area contributed by atoms with E-state index in [9.17, 15) is 0 Å². The Morgan fingerprint density at radius 2 is 1.67 bits per heavy atom. The van der Waals surface area contributed by atoms with Crippen LogP contribution < -0.4 is 0 Å². The van der Waals surface area contributed by atoms with E-state index in [1.165, 1.54) is 24.8 Å². The first-order chi connectivity index (χ1) is 9.98. The first-order valence-corrected chi connectivity index (χ1v) is 8.48. The summed E-state index contributed by atoms with van der Waals surface area (Å²) in [5.74, 6) is 1.94. The lowest BCUT2D eigenvalue weighted by molar-refractivity contribution is 0.100. The SMILES string of the molecule is CC(C)[C@]12N=N[C@](c3ccccc3)([C@@H]3CCC[C@@H]31)C2(C)C. The molecule has 1 aromatic carbocycles. The van der Waals surface area contributed by atoms with Gasteiger partial charge in [-0.25, -0.2) is 0 Å². The van der Waals surface area contributed by atoms with Crippen LogP contribution in [0.2, 0.25) is 0 Å². The minimum atomic E-state index is -0.0975. The topological polar surface area (TPSA) is 24.7 Å². The van der Waals surface area contributed by atoms with E-state index in [2.05, 4.69) is 58.0 Å². The van der Waals surface area contributed by atoms with E-state index in [-0.39, 0.29) is 16.5 Å². The largest absolute Gasteiger partial charge is 0.185 e. The van der Waals surface area contributed by atoms with Gasteiger partial charge in [0.25, 0.3) is 0 Å². The zero-order chi connectivity index (χ0) is 14.9. The normalized spacial score (nSPS) is 42.7. The Hall–Kier alpha value is -1.18. The number of nitrogens with zero attached hydrogens (tertiary/aromatic N) is 2. The minimum absolute atomic E-state index is 0.0318. The van der Waals surface area contributed by atoms with Crippen molar-refractivity contribution in [2.24, 2.45) is 33.4 Å². The molecule has 4 atom stereocenters. The van der Waals surface area contributed by atoms with Gasteiger partial charge in [0.05, 0.1) is 5.54 Å². The van der Waals surface area contributed by atoms with Crippen molar-refractivity contribution in [3.8, 4) is 0 Å². The molecule has 0 aromatic heterocycles. The monoisotopic (exact) mass is 282 g/mol. The van der Waals surface area contributed by atoms with Crippen molar-refractivity contribution in [3.63, 3.8) is 0 Å². The Balaban J connectivity index is 1.98. The van der Waals surface area contributed by atoms with Gasteiger partial charge in [0.15, 0.2) is 0 Å². The third-order valence-corrected chi connectivity index (χ3v) is 7.04. The van der Waals surface area contributed by atoms with Crippen LogP contribution >= 0.6 is 0 Å². The lowest BCUT2D eigenvalue weighted by atomic mass is 9.60. The zero-order valence-corrected chi connectivity index (χ0v) is 13.6. The molecule has 1 aliphatic heterocycles. The first kappa shape index (κ1) is 13.5. The molecule has 0 unspecified atom stereocenters. The molecule has 3 aliphatic rings.